The molecule has 0 aliphatic carbocycles. The maximum atomic E-state index is 11.9. The van der Waals surface area contributed by atoms with E-state index in [-0.39, 0.29) is 25.3 Å². The molecule has 1 aromatic heterocycles. The van der Waals surface area contributed by atoms with Crippen molar-refractivity contribution in [3.05, 3.63) is 22.7 Å². The number of ether oxygens (including phenoxy) is 2. The minimum absolute atomic E-state index is 0.0282. The number of nitrogens with zero attached hydrogens (tertiary/aromatic N) is 2. The van der Waals surface area contributed by atoms with Crippen LogP contribution < -0.4 is 11.4 Å². The van der Waals surface area contributed by atoms with Gasteiger partial charge in [0.2, 0.25) is 0 Å². The highest BCUT2D eigenvalue weighted by atomic mass is 16.6. The number of aliphatic hydroxyl groups excluding tert-OH is 2. The van der Waals surface area contributed by atoms with Crippen LogP contribution in [0.15, 0.2) is 17.1 Å². The minimum atomic E-state index is -1.38. The largest absolute Gasteiger partial charge is 0.481 e. The Morgan fingerprint density at radius 1 is 1.03 bits per heavy atom. The molecule has 1 fully saturated rings. The first-order chi connectivity index (χ1) is 15.3. The molecule has 0 aromatic carbocycles. The molecular weight excluding hydrogens is 422 g/mol. The number of nitrogen functional groups attached to an aromatic ring is 1. The van der Waals surface area contributed by atoms with Gasteiger partial charge in [-0.2, -0.15) is 4.98 Å². The van der Waals surface area contributed by atoms with Gasteiger partial charge in [0.1, 0.15) is 30.7 Å². The molecule has 4 atom stereocenters. The van der Waals surface area contributed by atoms with Gasteiger partial charge in [0.05, 0.1) is 0 Å². The van der Waals surface area contributed by atoms with Gasteiger partial charge in [-0.05, 0) is 18.9 Å². The average Bonchev–Trinajstić information content (AvgIpc) is 3.01. The van der Waals surface area contributed by atoms with Gasteiger partial charge in [0.25, 0.3) is 0 Å². The van der Waals surface area contributed by atoms with Crippen molar-refractivity contribution in [3.63, 3.8) is 0 Å². The predicted octanol–water partition coefficient (Wildman–Crippen LogP) is 0.973. The zero-order valence-electron chi connectivity index (χ0n) is 18.1. The predicted molar refractivity (Wildman–Crippen MR) is 114 cm³/mol. The van der Waals surface area contributed by atoms with E-state index in [4.69, 9.17) is 20.3 Å². The highest BCUT2D eigenvalue weighted by Crippen LogP contribution is 2.28. The van der Waals surface area contributed by atoms with Gasteiger partial charge >= 0.3 is 17.6 Å². The van der Waals surface area contributed by atoms with E-state index in [9.17, 15) is 24.6 Å². The van der Waals surface area contributed by atoms with Crippen molar-refractivity contribution in [1.82, 2.24) is 9.55 Å². The van der Waals surface area contributed by atoms with Crippen LogP contribution in [0.5, 0.6) is 0 Å². The summed E-state index contributed by atoms with van der Waals surface area (Å²) in [5.41, 5.74) is 4.72. The van der Waals surface area contributed by atoms with Crippen molar-refractivity contribution in [3.8, 4) is 0 Å². The molecule has 5 N–H and O–H groups in total. The molecule has 32 heavy (non-hydrogen) atoms. The Morgan fingerprint density at radius 2 is 1.62 bits per heavy atom. The zero-order valence-corrected chi connectivity index (χ0v) is 18.1. The van der Waals surface area contributed by atoms with Crippen LogP contribution in [0.1, 0.15) is 70.4 Å². The molecule has 0 radical (unpaired) electrons. The number of rotatable bonds is 14. The number of unbranched alkanes of at least 4 members (excludes halogenated alkanes) is 7. The molecule has 2 rings (SSSR count). The Hall–Kier alpha value is -2.50. The number of carboxylic acids is 1. The fourth-order valence-corrected chi connectivity index (χ4v) is 3.57. The quantitative estimate of drug-likeness (QED) is 0.234. The normalized spacial score (nSPS) is 22.7. The van der Waals surface area contributed by atoms with E-state index >= 15 is 0 Å². The topological polar surface area (TPSA) is 174 Å². The van der Waals surface area contributed by atoms with Crippen molar-refractivity contribution < 1.29 is 34.4 Å². The highest BCUT2D eigenvalue weighted by molar-refractivity contribution is 5.69. The molecule has 0 bridgehead atoms. The third-order valence-corrected chi connectivity index (χ3v) is 5.39. The molecule has 11 nitrogen and oxygen atoms in total. The number of anilines is 1. The summed E-state index contributed by atoms with van der Waals surface area (Å²) in [6, 6.07) is 1.37. The maximum Gasteiger partial charge on any atom is 0.351 e. The number of aromatic nitrogens is 2. The van der Waals surface area contributed by atoms with Gasteiger partial charge in [-0.15, -0.1) is 0 Å². The minimum Gasteiger partial charge on any atom is -0.481 e. The first-order valence-electron chi connectivity index (χ1n) is 11.0. The van der Waals surface area contributed by atoms with Crippen LogP contribution in [-0.2, 0) is 19.1 Å². The second-order valence-corrected chi connectivity index (χ2v) is 7.99. The van der Waals surface area contributed by atoms with Gasteiger partial charge in [0, 0.05) is 19.0 Å². The molecule has 1 saturated heterocycles. The van der Waals surface area contributed by atoms with Crippen LogP contribution >= 0.6 is 0 Å². The molecule has 180 valence electrons. The van der Waals surface area contributed by atoms with Crippen molar-refractivity contribution in [1.29, 1.82) is 0 Å². The van der Waals surface area contributed by atoms with E-state index in [0.717, 1.165) is 43.1 Å². The molecule has 11 heteroatoms. The lowest BCUT2D eigenvalue weighted by atomic mass is 10.1. The Kier molecular flexibility index (Phi) is 10.6. The molecule has 0 amide bonds. The number of hydrogen-bond acceptors (Lipinski definition) is 9. The van der Waals surface area contributed by atoms with Crippen LogP contribution in [0, 0.1) is 0 Å². The SMILES string of the molecule is Nc1ccn([C@@H]2O[C@H](COC(=O)CCCCCCCCCCC(=O)O)[C@@H](O)[C@@H]2O)c(=O)n1. The first-order valence-corrected chi connectivity index (χ1v) is 11.0. The number of carbonyl (C=O) groups excluding carboxylic acids is 1. The smallest absolute Gasteiger partial charge is 0.351 e. The monoisotopic (exact) mass is 455 g/mol. The Balaban J connectivity index is 1.60. The van der Waals surface area contributed by atoms with E-state index in [1.54, 1.807) is 0 Å². The van der Waals surface area contributed by atoms with Crippen LogP contribution in [0.25, 0.3) is 0 Å². The van der Waals surface area contributed by atoms with Gasteiger partial charge in [-0.25, -0.2) is 4.79 Å². The number of aliphatic carboxylic acids is 1. The summed E-state index contributed by atoms with van der Waals surface area (Å²) in [6.07, 6.45) is 4.27. The third-order valence-electron chi connectivity index (χ3n) is 5.39. The number of hydrogen-bond donors (Lipinski definition) is 4. The lowest BCUT2D eigenvalue weighted by Crippen LogP contribution is -2.36. The summed E-state index contributed by atoms with van der Waals surface area (Å²) in [5, 5.41) is 28.9. The summed E-state index contributed by atoms with van der Waals surface area (Å²) in [4.78, 5) is 37.9. The summed E-state index contributed by atoms with van der Waals surface area (Å²) in [7, 11) is 0. The molecule has 0 unspecified atom stereocenters. The van der Waals surface area contributed by atoms with Crippen LogP contribution in [0.2, 0.25) is 0 Å². The Bertz CT molecular complexity index is 799. The van der Waals surface area contributed by atoms with E-state index in [1.807, 2.05) is 0 Å². The molecular formula is C21H33N3O8. The number of esters is 1. The van der Waals surface area contributed by atoms with Gasteiger partial charge in [-0.1, -0.05) is 38.5 Å². The second kappa shape index (κ2) is 13.1. The van der Waals surface area contributed by atoms with Crippen molar-refractivity contribution in [2.75, 3.05) is 12.3 Å². The molecule has 0 saturated carbocycles. The highest BCUT2D eigenvalue weighted by Gasteiger charge is 2.44. The van der Waals surface area contributed by atoms with Crippen LogP contribution in [0.4, 0.5) is 5.82 Å². The number of nitrogens with two attached hydrogens (primary N) is 1. The van der Waals surface area contributed by atoms with Crippen LogP contribution in [-0.4, -0.2) is 61.7 Å². The van der Waals surface area contributed by atoms with Gasteiger partial charge < -0.3 is 30.5 Å². The molecule has 1 aliphatic rings. The van der Waals surface area contributed by atoms with E-state index in [0.29, 0.717) is 12.8 Å². The zero-order chi connectivity index (χ0) is 23.5. The molecule has 1 aliphatic heterocycles. The average molecular weight is 456 g/mol. The number of carboxylic acid groups (broad SMARTS) is 1. The molecule has 2 heterocycles. The number of carbonyl (C=O) groups is 2. The van der Waals surface area contributed by atoms with Crippen molar-refractivity contribution in [2.24, 2.45) is 0 Å². The molecule has 1 aromatic rings. The second-order valence-electron chi connectivity index (χ2n) is 7.99. The van der Waals surface area contributed by atoms with Crippen LogP contribution in [0.3, 0.4) is 0 Å². The first kappa shape index (κ1) is 25.8. The maximum absolute atomic E-state index is 11.9. The van der Waals surface area contributed by atoms with Crippen molar-refractivity contribution >= 4 is 17.8 Å². The summed E-state index contributed by atoms with van der Waals surface area (Å²) in [5.74, 6) is -1.14. The van der Waals surface area contributed by atoms with E-state index in [1.165, 1.54) is 12.3 Å². The summed E-state index contributed by atoms with van der Waals surface area (Å²) >= 11 is 0. The number of aliphatic hydroxyl groups is 2. The standard InChI is InChI=1S/C21H33N3O8/c22-15-11-12-24(21(30)23-15)20-19(29)18(28)14(32-20)13-31-17(27)10-8-6-4-2-1-3-5-7-9-16(25)26/h11-12,14,18-20,28-29H,1-10,13H2,(H,25,26)(H2,22,23,30)/t14-,18-,19+,20-/m1/s1. The lowest BCUT2D eigenvalue weighted by Gasteiger charge is -2.16. The van der Waals surface area contributed by atoms with Crippen molar-refractivity contribution in [2.45, 2.75) is 88.7 Å². The summed E-state index contributed by atoms with van der Waals surface area (Å²) < 4.78 is 11.7. The van der Waals surface area contributed by atoms with E-state index in [2.05, 4.69) is 4.98 Å². The lowest BCUT2D eigenvalue weighted by molar-refractivity contribution is -0.150. The molecule has 0 spiro atoms. The fourth-order valence-electron chi connectivity index (χ4n) is 3.57. The van der Waals surface area contributed by atoms with Gasteiger partial charge in [0.15, 0.2) is 6.23 Å². The van der Waals surface area contributed by atoms with Gasteiger partial charge in [-0.3, -0.25) is 14.2 Å². The summed E-state index contributed by atoms with van der Waals surface area (Å²) in [6.45, 7) is -0.235. The fraction of sp³-hybridized carbons (Fsp3) is 0.714. The Morgan fingerprint density at radius 3 is 2.22 bits per heavy atom. The third kappa shape index (κ3) is 8.21. The van der Waals surface area contributed by atoms with E-state index < -0.39 is 42.2 Å². The Labute approximate surface area is 186 Å².